The van der Waals surface area contributed by atoms with E-state index < -0.39 is 25.1 Å². The molecule has 9 heteroatoms. The second-order valence-corrected chi connectivity index (χ2v) is 6.35. The molecule has 0 aliphatic heterocycles. The number of hydrogen-bond donors (Lipinski definition) is 1. The zero-order valence-corrected chi connectivity index (χ0v) is 14.4. The Hall–Kier alpha value is -2.97. The molecule has 0 saturated heterocycles. The smallest absolute Gasteiger partial charge is 0.387 e. The lowest BCUT2D eigenvalue weighted by Gasteiger charge is -2.12. The second kappa shape index (κ2) is 7.94. The van der Waals surface area contributed by atoms with Gasteiger partial charge in [0.2, 0.25) is 5.88 Å². The van der Waals surface area contributed by atoms with Crippen molar-refractivity contribution >= 4 is 17.8 Å². The van der Waals surface area contributed by atoms with Crippen LogP contribution in [-0.2, 0) is 14.9 Å². The van der Waals surface area contributed by atoms with Crippen molar-refractivity contribution in [3.05, 3.63) is 41.6 Å². The third-order valence-corrected chi connectivity index (χ3v) is 3.19. The highest BCUT2D eigenvalue weighted by molar-refractivity contribution is 5.94. The maximum atomic E-state index is 12.1. The van der Waals surface area contributed by atoms with Crippen molar-refractivity contribution < 1.29 is 32.4 Å². The number of anilines is 1. The molecule has 7 nitrogen and oxygen atoms in total. The van der Waals surface area contributed by atoms with Crippen LogP contribution in [0.5, 0.6) is 5.75 Å². The molecule has 0 spiro atoms. The predicted molar refractivity (Wildman–Crippen MR) is 87.2 cm³/mol. The summed E-state index contributed by atoms with van der Waals surface area (Å²) in [5.74, 6) is -1.33. The Balaban J connectivity index is 1.85. The van der Waals surface area contributed by atoms with Crippen LogP contribution in [0, 0.1) is 0 Å². The van der Waals surface area contributed by atoms with Gasteiger partial charge in [-0.25, -0.2) is 4.79 Å². The maximum absolute atomic E-state index is 12.1. The van der Waals surface area contributed by atoms with Crippen LogP contribution in [0.1, 0.15) is 36.8 Å². The van der Waals surface area contributed by atoms with Gasteiger partial charge in [-0.2, -0.15) is 8.78 Å². The van der Waals surface area contributed by atoms with Gasteiger partial charge in [-0.1, -0.05) is 25.9 Å². The third kappa shape index (κ3) is 5.54. The van der Waals surface area contributed by atoms with Gasteiger partial charge in [-0.05, 0) is 24.3 Å². The number of hydrogen-bond acceptors (Lipinski definition) is 6. The first kappa shape index (κ1) is 19.4. The van der Waals surface area contributed by atoms with Crippen LogP contribution >= 0.6 is 0 Å². The molecule has 0 fully saturated rings. The van der Waals surface area contributed by atoms with E-state index in [-0.39, 0.29) is 22.6 Å². The SMILES string of the molecule is CC(C)(C)c1cc(NC(=O)COC(=O)c2ccc(OC(F)F)cc2)on1. The summed E-state index contributed by atoms with van der Waals surface area (Å²) in [6, 6.07) is 6.49. The van der Waals surface area contributed by atoms with Crippen LogP contribution in [0.4, 0.5) is 14.7 Å². The van der Waals surface area contributed by atoms with Gasteiger partial charge in [-0.15, -0.1) is 0 Å². The van der Waals surface area contributed by atoms with Crippen LogP contribution in [0.2, 0.25) is 0 Å². The number of aromatic nitrogens is 1. The van der Waals surface area contributed by atoms with Gasteiger partial charge in [0.05, 0.1) is 11.3 Å². The third-order valence-electron chi connectivity index (χ3n) is 3.19. The number of carbonyl (C=O) groups is 2. The number of nitrogens with zero attached hydrogens (tertiary/aromatic N) is 1. The van der Waals surface area contributed by atoms with E-state index in [0.717, 1.165) is 0 Å². The molecule has 26 heavy (non-hydrogen) atoms. The van der Waals surface area contributed by atoms with E-state index in [2.05, 4.69) is 15.2 Å². The lowest BCUT2D eigenvalue weighted by molar-refractivity contribution is -0.119. The number of carbonyl (C=O) groups excluding carboxylic acids is 2. The molecule has 0 saturated carbocycles. The fourth-order valence-corrected chi connectivity index (χ4v) is 1.85. The van der Waals surface area contributed by atoms with E-state index in [4.69, 9.17) is 9.26 Å². The van der Waals surface area contributed by atoms with E-state index in [1.807, 2.05) is 20.8 Å². The van der Waals surface area contributed by atoms with E-state index in [9.17, 15) is 18.4 Å². The molecule has 0 atom stereocenters. The van der Waals surface area contributed by atoms with Crippen LogP contribution in [0.25, 0.3) is 0 Å². The summed E-state index contributed by atoms with van der Waals surface area (Å²) in [4.78, 5) is 23.6. The average Bonchev–Trinajstić information content (AvgIpc) is 3.01. The highest BCUT2D eigenvalue weighted by atomic mass is 19.3. The highest BCUT2D eigenvalue weighted by Gasteiger charge is 2.20. The summed E-state index contributed by atoms with van der Waals surface area (Å²) in [7, 11) is 0. The molecule has 1 aromatic carbocycles. The van der Waals surface area contributed by atoms with Crippen LogP contribution < -0.4 is 10.1 Å². The van der Waals surface area contributed by atoms with Crippen LogP contribution in [-0.4, -0.2) is 30.3 Å². The molecule has 1 aromatic heterocycles. The summed E-state index contributed by atoms with van der Waals surface area (Å²) in [6.07, 6.45) is 0. The Morgan fingerprint density at radius 3 is 2.42 bits per heavy atom. The number of ether oxygens (including phenoxy) is 2. The van der Waals surface area contributed by atoms with Crippen molar-refractivity contribution in [3.8, 4) is 5.75 Å². The monoisotopic (exact) mass is 368 g/mol. The Bertz CT molecular complexity index is 766. The Morgan fingerprint density at radius 2 is 1.88 bits per heavy atom. The molecule has 0 aliphatic rings. The molecule has 1 amide bonds. The van der Waals surface area contributed by atoms with Gasteiger partial charge >= 0.3 is 12.6 Å². The van der Waals surface area contributed by atoms with E-state index in [0.29, 0.717) is 5.69 Å². The molecule has 0 bridgehead atoms. The van der Waals surface area contributed by atoms with Gasteiger partial charge in [-0.3, -0.25) is 10.1 Å². The van der Waals surface area contributed by atoms with Crippen molar-refractivity contribution in [3.63, 3.8) is 0 Å². The van der Waals surface area contributed by atoms with Gasteiger partial charge in [0, 0.05) is 11.5 Å². The van der Waals surface area contributed by atoms with Crippen LogP contribution in [0.15, 0.2) is 34.9 Å². The summed E-state index contributed by atoms with van der Waals surface area (Å²) >= 11 is 0. The molecular weight excluding hydrogens is 350 g/mol. The topological polar surface area (TPSA) is 90.7 Å². The predicted octanol–water partition coefficient (Wildman–Crippen LogP) is 3.37. The zero-order chi connectivity index (χ0) is 19.3. The highest BCUT2D eigenvalue weighted by Crippen LogP contribution is 2.23. The number of benzene rings is 1. The van der Waals surface area contributed by atoms with Gasteiger partial charge < -0.3 is 14.0 Å². The lowest BCUT2D eigenvalue weighted by atomic mass is 9.92. The Kier molecular flexibility index (Phi) is 5.91. The van der Waals surface area contributed by atoms with Crippen molar-refractivity contribution in [2.75, 3.05) is 11.9 Å². The van der Waals surface area contributed by atoms with E-state index in [1.54, 1.807) is 6.07 Å². The number of rotatable bonds is 6. The van der Waals surface area contributed by atoms with Crippen molar-refractivity contribution in [1.82, 2.24) is 5.16 Å². The fraction of sp³-hybridized carbons (Fsp3) is 0.353. The molecule has 0 aliphatic carbocycles. The average molecular weight is 368 g/mol. The molecule has 0 unspecified atom stereocenters. The normalized spacial score (nSPS) is 11.3. The first-order valence-corrected chi connectivity index (χ1v) is 7.64. The number of nitrogens with one attached hydrogen (secondary N) is 1. The Labute approximate surface area is 148 Å². The molecular formula is C17H18F2N2O5. The molecule has 2 aromatic rings. The molecule has 1 N–H and O–H groups in total. The lowest BCUT2D eigenvalue weighted by Crippen LogP contribution is -2.20. The number of esters is 1. The molecule has 1 heterocycles. The molecule has 140 valence electrons. The van der Waals surface area contributed by atoms with Crippen molar-refractivity contribution in [2.24, 2.45) is 0 Å². The van der Waals surface area contributed by atoms with Gasteiger partial charge in [0.25, 0.3) is 5.91 Å². The zero-order valence-electron chi connectivity index (χ0n) is 14.4. The van der Waals surface area contributed by atoms with Crippen LogP contribution in [0.3, 0.4) is 0 Å². The quantitative estimate of drug-likeness (QED) is 0.786. The van der Waals surface area contributed by atoms with E-state index in [1.165, 1.54) is 24.3 Å². The first-order chi connectivity index (χ1) is 12.1. The van der Waals surface area contributed by atoms with Crippen molar-refractivity contribution in [2.45, 2.75) is 32.8 Å². The minimum atomic E-state index is -2.95. The minimum absolute atomic E-state index is 0.0886. The Morgan fingerprint density at radius 1 is 1.23 bits per heavy atom. The van der Waals surface area contributed by atoms with Crippen molar-refractivity contribution in [1.29, 1.82) is 0 Å². The summed E-state index contributed by atoms with van der Waals surface area (Å²) in [5.41, 5.74) is 0.518. The molecule has 2 rings (SSSR count). The summed E-state index contributed by atoms with van der Waals surface area (Å²) in [6.45, 7) is 2.33. The van der Waals surface area contributed by atoms with E-state index >= 15 is 0 Å². The largest absolute Gasteiger partial charge is 0.452 e. The summed E-state index contributed by atoms with van der Waals surface area (Å²) < 4.78 is 38.2. The number of amides is 1. The minimum Gasteiger partial charge on any atom is -0.452 e. The molecule has 0 radical (unpaired) electrons. The fourth-order valence-electron chi connectivity index (χ4n) is 1.85. The standard InChI is InChI=1S/C17H18F2N2O5/c1-17(2,3)12-8-14(26-21-12)20-13(22)9-24-15(23)10-4-6-11(7-5-10)25-16(18)19/h4-8,16H,9H2,1-3H3,(H,20,22). The number of alkyl halides is 2. The second-order valence-electron chi connectivity index (χ2n) is 6.35. The first-order valence-electron chi connectivity index (χ1n) is 7.64. The van der Waals surface area contributed by atoms with Gasteiger partial charge in [0.15, 0.2) is 6.61 Å². The van der Waals surface area contributed by atoms with Gasteiger partial charge in [0.1, 0.15) is 5.75 Å². The maximum Gasteiger partial charge on any atom is 0.387 e. The summed E-state index contributed by atoms with van der Waals surface area (Å²) in [5, 5.41) is 6.27. The number of halogens is 2.